The fraction of sp³-hybridized carbons (Fsp3) is 0.500. The van der Waals surface area contributed by atoms with Gasteiger partial charge in [-0.15, -0.1) is 0 Å². The lowest BCUT2D eigenvalue weighted by atomic mass is 10.1. The summed E-state index contributed by atoms with van der Waals surface area (Å²) in [5, 5.41) is 2.77. The van der Waals surface area contributed by atoms with E-state index in [4.69, 9.17) is 0 Å². The van der Waals surface area contributed by atoms with Crippen molar-refractivity contribution >= 4 is 11.6 Å². The number of hydrogen-bond acceptors (Lipinski definition) is 2. The van der Waals surface area contributed by atoms with E-state index in [1.54, 1.807) is 19.2 Å². The third-order valence-corrected chi connectivity index (χ3v) is 3.54. The Bertz CT molecular complexity index is 461. The molecular weight excluding hydrogens is 231 g/mol. The Morgan fingerprint density at radius 1 is 1.44 bits per heavy atom. The third kappa shape index (κ3) is 2.19. The van der Waals surface area contributed by atoms with Crippen LogP contribution in [0.1, 0.15) is 30.6 Å². The molecule has 2 unspecified atom stereocenters. The van der Waals surface area contributed by atoms with E-state index in [1.807, 2.05) is 11.8 Å². The van der Waals surface area contributed by atoms with Crippen LogP contribution in [0.2, 0.25) is 0 Å². The number of carbonyl (C=O) groups excluding carboxylic acids is 1. The van der Waals surface area contributed by atoms with Crippen molar-refractivity contribution in [3.63, 3.8) is 0 Å². The second-order valence-corrected chi connectivity index (χ2v) is 5.06. The Labute approximate surface area is 107 Å². The molecule has 1 N–H and O–H groups in total. The molecule has 0 aromatic heterocycles. The zero-order valence-corrected chi connectivity index (χ0v) is 11.0. The highest BCUT2D eigenvalue weighted by Gasteiger charge is 2.31. The van der Waals surface area contributed by atoms with Crippen LogP contribution >= 0.6 is 0 Å². The van der Waals surface area contributed by atoms with Crippen LogP contribution in [0.4, 0.5) is 10.1 Å². The molecule has 18 heavy (non-hydrogen) atoms. The number of benzene rings is 1. The smallest absolute Gasteiger partial charge is 0.256 e. The number of carbonyl (C=O) groups is 1. The van der Waals surface area contributed by atoms with Gasteiger partial charge in [-0.2, -0.15) is 0 Å². The molecule has 1 fully saturated rings. The Hall–Kier alpha value is -1.58. The van der Waals surface area contributed by atoms with Crippen LogP contribution in [-0.4, -0.2) is 30.4 Å². The van der Waals surface area contributed by atoms with Crippen molar-refractivity contribution in [1.29, 1.82) is 0 Å². The van der Waals surface area contributed by atoms with Crippen LogP contribution in [0.3, 0.4) is 0 Å². The van der Waals surface area contributed by atoms with Crippen LogP contribution in [0.15, 0.2) is 18.2 Å². The molecule has 2 atom stereocenters. The summed E-state index contributed by atoms with van der Waals surface area (Å²) >= 11 is 0. The van der Waals surface area contributed by atoms with E-state index < -0.39 is 0 Å². The molecule has 1 amide bonds. The van der Waals surface area contributed by atoms with Crippen molar-refractivity contribution < 1.29 is 9.18 Å². The van der Waals surface area contributed by atoms with E-state index in [1.165, 1.54) is 6.07 Å². The maximum absolute atomic E-state index is 13.6. The van der Waals surface area contributed by atoms with Gasteiger partial charge in [0.05, 0.1) is 11.3 Å². The predicted octanol–water partition coefficient (Wildman–Crippen LogP) is 2.74. The number of likely N-dealkylation sites (tertiary alicyclic amines) is 1. The highest BCUT2D eigenvalue weighted by Crippen LogP contribution is 2.27. The van der Waals surface area contributed by atoms with E-state index >= 15 is 0 Å². The molecule has 0 aliphatic carbocycles. The summed E-state index contributed by atoms with van der Waals surface area (Å²) in [6.45, 7) is 4.92. The van der Waals surface area contributed by atoms with Gasteiger partial charge in [-0.25, -0.2) is 4.39 Å². The lowest BCUT2D eigenvalue weighted by molar-refractivity contribution is 0.0744. The van der Waals surface area contributed by atoms with Gasteiger partial charge in [0.15, 0.2) is 0 Å². The maximum Gasteiger partial charge on any atom is 0.256 e. The predicted molar refractivity (Wildman–Crippen MR) is 70.2 cm³/mol. The highest BCUT2D eigenvalue weighted by molar-refractivity contribution is 6.00. The lowest BCUT2D eigenvalue weighted by Gasteiger charge is -2.23. The van der Waals surface area contributed by atoms with Gasteiger partial charge in [-0.3, -0.25) is 4.79 Å². The topological polar surface area (TPSA) is 32.3 Å². The summed E-state index contributed by atoms with van der Waals surface area (Å²) in [5.74, 6) is 0.0366. The quantitative estimate of drug-likeness (QED) is 0.875. The fourth-order valence-electron chi connectivity index (χ4n) is 2.69. The van der Waals surface area contributed by atoms with Gasteiger partial charge in [0.25, 0.3) is 5.91 Å². The number of nitrogens with zero attached hydrogens (tertiary/aromatic N) is 1. The first-order valence-electron chi connectivity index (χ1n) is 6.31. The molecule has 4 heteroatoms. The largest absolute Gasteiger partial charge is 0.385 e. The van der Waals surface area contributed by atoms with Crippen molar-refractivity contribution in [2.45, 2.75) is 26.3 Å². The average Bonchev–Trinajstić information content (AvgIpc) is 2.67. The summed E-state index contributed by atoms with van der Waals surface area (Å²) in [5.41, 5.74) is 0.702. The zero-order valence-electron chi connectivity index (χ0n) is 11.0. The van der Waals surface area contributed by atoms with Crippen molar-refractivity contribution in [3.05, 3.63) is 29.6 Å². The normalized spacial score (nSPS) is 23.2. The molecule has 1 aromatic rings. The van der Waals surface area contributed by atoms with E-state index in [0.717, 1.165) is 13.0 Å². The standard InChI is InChI=1S/C14H19FN2O/c1-9-7-10(2)17(8-9)14(18)11-5-4-6-12(15)13(11)16-3/h4-6,9-10,16H,7-8H2,1-3H3. The Kier molecular flexibility index (Phi) is 3.55. The number of anilines is 1. The van der Waals surface area contributed by atoms with Gasteiger partial charge in [0.1, 0.15) is 5.82 Å². The second-order valence-electron chi connectivity index (χ2n) is 5.06. The van der Waals surface area contributed by atoms with Crippen molar-refractivity contribution in [2.75, 3.05) is 18.9 Å². The minimum atomic E-state index is -0.386. The number of hydrogen-bond donors (Lipinski definition) is 1. The molecule has 0 bridgehead atoms. The molecule has 1 aliphatic rings. The second kappa shape index (κ2) is 4.96. The van der Waals surface area contributed by atoms with Crippen LogP contribution < -0.4 is 5.32 Å². The number of nitrogens with one attached hydrogen (secondary N) is 1. The van der Waals surface area contributed by atoms with Gasteiger partial charge >= 0.3 is 0 Å². The maximum atomic E-state index is 13.6. The molecule has 2 rings (SSSR count). The van der Waals surface area contributed by atoms with Crippen LogP contribution in [0, 0.1) is 11.7 Å². The van der Waals surface area contributed by atoms with Crippen LogP contribution in [0.5, 0.6) is 0 Å². The molecule has 1 saturated heterocycles. The Morgan fingerprint density at radius 2 is 2.17 bits per heavy atom. The van der Waals surface area contributed by atoms with Crippen LogP contribution in [0.25, 0.3) is 0 Å². The van der Waals surface area contributed by atoms with E-state index in [0.29, 0.717) is 11.5 Å². The Morgan fingerprint density at radius 3 is 2.72 bits per heavy atom. The van der Waals surface area contributed by atoms with E-state index in [2.05, 4.69) is 12.2 Å². The van der Waals surface area contributed by atoms with Gasteiger partial charge in [-0.1, -0.05) is 13.0 Å². The third-order valence-electron chi connectivity index (χ3n) is 3.54. The van der Waals surface area contributed by atoms with Crippen molar-refractivity contribution in [2.24, 2.45) is 5.92 Å². The minimum Gasteiger partial charge on any atom is -0.385 e. The summed E-state index contributed by atoms with van der Waals surface area (Å²) in [6.07, 6.45) is 1.01. The van der Waals surface area contributed by atoms with Crippen molar-refractivity contribution in [1.82, 2.24) is 4.90 Å². The summed E-state index contributed by atoms with van der Waals surface area (Å²) in [6, 6.07) is 4.83. The summed E-state index contributed by atoms with van der Waals surface area (Å²) in [4.78, 5) is 14.3. The monoisotopic (exact) mass is 250 g/mol. The van der Waals surface area contributed by atoms with E-state index in [-0.39, 0.29) is 23.5 Å². The summed E-state index contributed by atoms with van der Waals surface area (Å²) in [7, 11) is 1.63. The van der Waals surface area contributed by atoms with E-state index in [9.17, 15) is 9.18 Å². The average molecular weight is 250 g/mol. The van der Waals surface area contributed by atoms with Gasteiger partial charge in [0, 0.05) is 19.6 Å². The SMILES string of the molecule is CNc1c(F)cccc1C(=O)N1CC(C)CC1C. The highest BCUT2D eigenvalue weighted by atomic mass is 19.1. The van der Waals surface area contributed by atoms with Gasteiger partial charge in [0.2, 0.25) is 0 Å². The molecule has 1 aliphatic heterocycles. The van der Waals surface area contributed by atoms with Gasteiger partial charge < -0.3 is 10.2 Å². The zero-order chi connectivity index (χ0) is 13.3. The number of halogens is 1. The molecule has 0 saturated carbocycles. The van der Waals surface area contributed by atoms with Crippen molar-refractivity contribution in [3.8, 4) is 0 Å². The first-order valence-corrected chi connectivity index (χ1v) is 6.31. The molecule has 0 radical (unpaired) electrons. The lowest BCUT2D eigenvalue weighted by Crippen LogP contribution is -2.34. The van der Waals surface area contributed by atoms with Gasteiger partial charge in [-0.05, 0) is 31.4 Å². The number of amides is 1. The molecule has 0 spiro atoms. The molecule has 1 heterocycles. The Balaban J connectivity index is 2.32. The number of para-hydroxylation sites is 1. The molecule has 98 valence electrons. The van der Waals surface area contributed by atoms with Crippen LogP contribution in [-0.2, 0) is 0 Å². The first kappa shape index (κ1) is 12.9. The first-order chi connectivity index (χ1) is 8.54. The number of rotatable bonds is 2. The minimum absolute atomic E-state index is 0.0873. The fourth-order valence-corrected chi connectivity index (χ4v) is 2.69. The summed E-state index contributed by atoms with van der Waals surface area (Å²) < 4.78 is 13.6. The molecule has 3 nitrogen and oxygen atoms in total. The molecule has 1 aromatic carbocycles. The molecular formula is C14H19FN2O.